The van der Waals surface area contributed by atoms with Crippen LogP contribution in [-0.4, -0.2) is 18.2 Å². The highest BCUT2D eigenvalue weighted by Gasteiger charge is 2.24. The molecule has 1 heterocycles. The summed E-state index contributed by atoms with van der Waals surface area (Å²) in [5, 5.41) is 4.82. The second-order valence-electron chi connectivity index (χ2n) is 6.05. The summed E-state index contributed by atoms with van der Waals surface area (Å²) in [5.41, 5.74) is 7.47. The normalized spacial score (nSPS) is 18.8. The van der Waals surface area contributed by atoms with E-state index in [4.69, 9.17) is 0 Å². The molecule has 0 fully saturated rings. The Balaban J connectivity index is 2.17. The topological polar surface area (TPSA) is 17.0 Å². The number of nitrogens with zero attached hydrogens (tertiary/aromatic N) is 1. The molecule has 3 rings (SSSR count). The third-order valence-corrected chi connectivity index (χ3v) is 4.89. The molecule has 1 aromatic heterocycles. The average Bonchev–Trinajstić information content (AvgIpc) is 2.68. The maximum absolute atomic E-state index is 3.34. The Labute approximate surface area is 115 Å². The quantitative estimate of drug-likeness (QED) is 0.873. The minimum atomic E-state index is 0.796. The van der Waals surface area contributed by atoms with Gasteiger partial charge in [-0.25, -0.2) is 0 Å². The molecule has 0 bridgehead atoms. The number of rotatable bonds is 2. The van der Waals surface area contributed by atoms with Crippen LogP contribution in [0.25, 0.3) is 10.9 Å². The van der Waals surface area contributed by atoms with E-state index >= 15 is 0 Å². The molecule has 1 aliphatic carbocycles. The van der Waals surface area contributed by atoms with Crippen molar-refractivity contribution in [3.63, 3.8) is 0 Å². The van der Waals surface area contributed by atoms with Crippen molar-refractivity contribution in [3.05, 3.63) is 34.5 Å². The SMILES string of the molecule is CNCC1CCc2c(c3ccc(C)c(C)c3n2C)C1. The lowest BCUT2D eigenvalue weighted by Gasteiger charge is -2.23. The Morgan fingerprint density at radius 3 is 2.84 bits per heavy atom. The third-order valence-electron chi connectivity index (χ3n) is 4.89. The molecule has 0 saturated heterocycles. The number of benzene rings is 1. The summed E-state index contributed by atoms with van der Waals surface area (Å²) in [6, 6.07) is 4.61. The van der Waals surface area contributed by atoms with Gasteiger partial charge in [-0.3, -0.25) is 0 Å². The summed E-state index contributed by atoms with van der Waals surface area (Å²) in [7, 11) is 4.30. The Morgan fingerprint density at radius 1 is 1.32 bits per heavy atom. The van der Waals surface area contributed by atoms with Gasteiger partial charge in [-0.1, -0.05) is 12.1 Å². The van der Waals surface area contributed by atoms with Gasteiger partial charge in [-0.2, -0.15) is 0 Å². The Hall–Kier alpha value is -1.28. The fourth-order valence-corrected chi connectivity index (χ4v) is 3.71. The van der Waals surface area contributed by atoms with Crippen LogP contribution in [0, 0.1) is 19.8 Å². The van der Waals surface area contributed by atoms with Crippen molar-refractivity contribution in [2.75, 3.05) is 13.6 Å². The molecule has 2 heteroatoms. The zero-order valence-electron chi connectivity index (χ0n) is 12.5. The van der Waals surface area contributed by atoms with Gasteiger partial charge in [0.1, 0.15) is 0 Å². The van der Waals surface area contributed by atoms with Crippen molar-refractivity contribution in [3.8, 4) is 0 Å². The van der Waals surface area contributed by atoms with Gasteiger partial charge in [0.2, 0.25) is 0 Å². The predicted molar refractivity (Wildman–Crippen MR) is 81.8 cm³/mol. The minimum absolute atomic E-state index is 0.796. The van der Waals surface area contributed by atoms with E-state index in [9.17, 15) is 0 Å². The lowest BCUT2D eigenvalue weighted by atomic mass is 9.86. The number of aromatic nitrogens is 1. The van der Waals surface area contributed by atoms with Crippen molar-refractivity contribution < 1.29 is 0 Å². The molecule has 2 nitrogen and oxygen atoms in total. The van der Waals surface area contributed by atoms with Crippen LogP contribution in [0.4, 0.5) is 0 Å². The van der Waals surface area contributed by atoms with Crippen molar-refractivity contribution in [2.24, 2.45) is 13.0 Å². The van der Waals surface area contributed by atoms with Crippen LogP contribution in [0.3, 0.4) is 0 Å². The van der Waals surface area contributed by atoms with E-state index in [2.05, 4.69) is 50.0 Å². The summed E-state index contributed by atoms with van der Waals surface area (Å²) >= 11 is 0. The summed E-state index contributed by atoms with van der Waals surface area (Å²) in [5.74, 6) is 0.796. The van der Waals surface area contributed by atoms with Gasteiger partial charge in [-0.15, -0.1) is 0 Å². The van der Waals surface area contributed by atoms with Crippen LogP contribution in [0.1, 0.15) is 28.8 Å². The highest BCUT2D eigenvalue weighted by molar-refractivity contribution is 5.89. The van der Waals surface area contributed by atoms with Crippen LogP contribution >= 0.6 is 0 Å². The molecule has 1 aliphatic rings. The Bertz CT molecular complexity index is 622. The molecule has 0 amide bonds. The van der Waals surface area contributed by atoms with Gasteiger partial charge < -0.3 is 9.88 Å². The van der Waals surface area contributed by atoms with Crippen LogP contribution in [0.15, 0.2) is 12.1 Å². The largest absolute Gasteiger partial charge is 0.347 e. The first kappa shape index (κ1) is 12.7. The second-order valence-corrected chi connectivity index (χ2v) is 6.05. The molecule has 0 aliphatic heterocycles. The van der Waals surface area contributed by atoms with E-state index in [0.29, 0.717) is 0 Å². The van der Waals surface area contributed by atoms with Gasteiger partial charge in [0.25, 0.3) is 0 Å². The summed E-state index contributed by atoms with van der Waals surface area (Å²) in [6.45, 7) is 5.61. The number of nitrogens with one attached hydrogen (secondary N) is 1. The van der Waals surface area contributed by atoms with Gasteiger partial charge in [0, 0.05) is 18.1 Å². The fourth-order valence-electron chi connectivity index (χ4n) is 3.71. The summed E-state index contributed by atoms with van der Waals surface area (Å²) < 4.78 is 2.45. The van der Waals surface area contributed by atoms with E-state index < -0.39 is 0 Å². The third kappa shape index (κ3) is 1.90. The molecule has 1 atom stereocenters. The first-order valence-electron chi connectivity index (χ1n) is 7.34. The van der Waals surface area contributed by atoms with E-state index in [-0.39, 0.29) is 0 Å². The molecule has 2 aromatic rings. The number of aryl methyl sites for hydroxylation is 3. The molecule has 1 unspecified atom stereocenters. The highest BCUT2D eigenvalue weighted by atomic mass is 15.0. The molecule has 1 aromatic carbocycles. The number of hydrogen-bond acceptors (Lipinski definition) is 1. The molecular weight excluding hydrogens is 232 g/mol. The van der Waals surface area contributed by atoms with Crippen LogP contribution in [-0.2, 0) is 19.9 Å². The van der Waals surface area contributed by atoms with Crippen molar-refractivity contribution in [1.29, 1.82) is 0 Å². The smallest absolute Gasteiger partial charge is 0.0515 e. The second kappa shape index (κ2) is 4.68. The summed E-state index contributed by atoms with van der Waals surface area (Å²) in [6.07, 6.45) is 3.78. The predicted octanol–water partition coefficient (Wildman–Crippen LogP) is 3.12. The zero-order valence-corrected chi connectivity index (χ0v) is 12.5. The number of fused-ring (bicyclic) bond motifs is 3. The lowest BCUT2D eigenvalue weighted by molar-refractivity contribution is 0.434. The van der Waals surface area contributed by atoms with Crippen molar-refractivity contribution in [1.82, 2.24) is 9.88 Å². The van der Waals surface area contributed by atoms with Crippen LogP contribution < -0.4 is 5.32 Å². The van der Waals surface area contributed by atoms with Gasteiger partial charge in [-0.05, 0) is 69.3 Å². The van der Waals surface area contributed by atoms with E-state index in [1.54, 1.807) is 11.3 Å². The summed E-state index contributed by atoms with van der Waals surface area (Å²) in [4.78, 5) is 0. The standard InChI is InChI=1S/C17H24N2/c1-11-5-7-14-15-9-13(10-18-3)6-8-16(15)19(4)17(14)12(11)2/h5,7,13,18H,6,8-10H2,1-4H3. The molecule has 0 spiro atoms. The maximum atomic E-state index is 3.34. The van der Waals surface area contributed by atoms with E-state index in [1.165, 1.54) is 41.3 Å². The fraction of sp³-hybridized carbons (Fsp3) is 0.529. The van der Waals surface area contributed by atoms with Crippen molar-refractivity contribution >= 4 is 10.9 Å². The van der Waals surface area contributed by atoms with E-state index in [1.807, 2.05) is 0 Å². The van der Waals surface area contributed by atoms with Crippen LogP contribution in [0.2, 0.25) is 0 Å². The maximum Gasteiger partial charge on any atom is 0.0515 e. The molecule has 0 saturated carbocycles. The van der Waals surface area contributed by atoms with Crippen LogP contribution in [0.5, 0.6) is 0 Å². The van der Waals surface area contributed by atoms with Gasteiger partial charge >= 0.3 is 0 Å². The Morgan fingerprint density at radius 2 is 2.11 bits per heavy atom. The molecule has 102 valence electrons. The first-order chi connectivity index (χ1) is 9.13. The average molecular weight is 256 g/mol. The molecule has 1 N–H and O–H groups in total. The highest BCUT2D eigenvalue weighted by Crippen LogP contribution is 2.35. The first-order valence-corrected chi connectivity index (χ1v) is 7.34. The minimum Gasteiger partial charge on any atom is -0.347 e. The Kier molecular flexibility index (Phi) is 3.14. The lowest BCUT2D eigenvalue weighted by Crippen LogP contribution is -2.25. The molecular formula is C17H24N2. The monoisotopic (exact) mass is 256 g/mol. The van der Waals surface area contributed by atoms with Gasteiger partial charge in [0.05, 0.1) is 5.52 Å². The van der Waals surface area contributed by atoms with E-state index in [0.717, 1.165) is 12.5 Å². The van der Waals surface area contributed by atoms with Gasteiger partial charge in [0.15, 0.2) is 0 Å². The molecule has 0 radical (unpaired) electrons. The van der Waals surface area contributed by atoms with Crippen molar-refractivity contribution in [2.45, 2.75) is 33.1 Å². The molecule has 19 heavy (non-hydrogen) atoms. The zero-order chi connectivity index (χ0) is 13.6. The number of hydrogen-bond donors (Lipinski definition) is 1.